The minimum atomic E-state index is -0.879. The number of aromatic nitrogens is 2. The van der Waals surface area contributed by atoms with Gasteiger partial charge in [0.1, 0.15) is 6.20 Å². The minimum Gasteiger partial charge on any atom is -0.277 e. The van der Waals surface area contributed by atoms with Crippen LogP contribution in [-0.4, -0.2) is 10.2 Å². The van der Waals surface area contributed by atoms with E-state index in [4.69, 9.17) is 0 Å². The predicted octanol–water partition coefficient (Wildman–Crippen LogP) is 1.64. The SMILES string of the molecule is Fc1cc2[c]n[nH]c2cc1F. The maximum atomic E-state index is 12.5. The molecule has 1 N–H and O–H groups in total. The molecule has 0 amide bonds. The summed E-state index contributed by atoms with van der Waals surface area (Å²) in [6.45, 7) is 0. The van der Waals surface area contributed by atoms with Crippen LogP contribution >= 0.6 is 0 Å². The summed E-state index contributed by atoms with van der Waals surface area (Å²) >= 11 is 0. The molecule has 0 fully saturated rings. The molecule has 0 aliphatic rings. The molecule has 0 saturated carbocycles. The number of hydrogen-bond acceptors (Lipinski definition) is 1. The Kier molecular flexibility index (Phi) is 1.15. The van der Waals surface area contributed by atoms with Gasteiger partial charge in [0.2, 0.25) is 0 Å². The fourth-order valence-corrected chi connectivity index (χ4v) is 0.880. The van der Waals surface area contributed by atoms with Gasteiger partial charge in [-0.25, -0.2) is 8.78 Å². The van der Waals surface area contributed by atoms with E-state index in [0.29, 0.717) is 10.9 Å². The summed E-state index contributed by atoms with van der Waals surface area (Å²) in [5.41, 5.74) is 0.448. The van der Waals surface area contributed by atoms with Crippen LogP contribution in [0, 0.1) is 17.8 Å². The summed E-state index contributed by atoms with van der Waals surface area (Å²) in [4.78, 5) is 0. The molecular formula is C7H3F2N2. The van der Waals surface area contributed by atoms with Gasteiger partial charge in [0.15, 0.2) is 11.6 Å². The van der Waals surface area contributed by atoms with Crippen molar-refractivity contribution in [1.29, 1.82) is 0 Å². The monoisotopic (exact) mass is 153 g/mol. The van der Waals surface area contributed by atoms with Crippen molar-refractivity contribution in [1.82, 2.24) is 10.2 Å². The molecule has 2 rings (SSSR count). The van der Waals surface area contributed by atoms with Crippen molar-refractivity contribution in [2.75, 3.05) is 0 Å². The Morgan fingerprint density at radius 2 is 2.00 bits per heavy atom. The summed E-state index contributed by atoms with van der Waals surface area (Å²) in [6.07, 6.45) is 2.48. The summed E-state index contributed by atoms with van der Waals surface area (Å²) in [5, 5.41) is 6.42. The van der Waals surface area contributed by atoms with Crippen LogP contribution in [0.1, 0.15) is 0 Å². The van der Waals surface area contributed by atoms with Crippen LogP contribution in [0.2, 0.25) is 0 Å². The Morgan fingerprint density at radius 3 is 2.82 bits per heavy atom. The Balaban J connectivity index is 2.86. The van der Waals surface area contributed by atoms with E-state index in [0.717, 1.165) is 12.1 Å². The number of fused-ring (bicyclic) bond motifs is 1. The number of aromatic amines is 1. The lowest BCUT2D eigenvalue weighted by atomic mass is 10.2. The Morgan fingerprint density at radius 1 is 1.27 bits per heavy atom. The fraction of sp³-hybridized carbons (Fsp3) is 0. The van der Waals surface area contributed by atoms with E-state index in [2.05, 4.69) is 16.4 Å². The standard InChI is InChI=1S/C7H3F2N2/c8-5-1-4-3-10-11-7(4)2-6(5)9/h1-2H,(H,10,11). The Labute approximate surface area is 60.8 Å². The van der Waals surface area contributed by atoms with Crippen molar-refractivity contribution in [3.63, 3.8) is 0 Å². The highest BCUT2D eigenvalue weighted by atomic mass is 19.2. The third-order valence-corrected chi connectivity index (χ3v) is 1.41. The zero-order valence-electron chi connectivity index (χ0n) is 5.36. The molecule has 0 unspecified atom stereocenters. The van der Waals surface area contributed by atoms with Gasteiger partial charge < -0.3 is 0 Å². The number of nitrogens with one attached hydrogen (secondary N) is 1. The number of halogens is 2. The lowest BCUT2D eigenvalue weighted by molar-refractivity contribution is 0.511. The van der Waals surface area contributed by atoms with Gasteiger partial charge in [-0.3, -0.25) is 5.10 Å². The van der Waals surface area contributed by atoms with Gasteiger partial charge in [-0.1, -0.05) is 0 Å². The molecule has 1 aromatic carbocycles. The van der Waals surface area contributed by atoms with E-state index in [-0.39, 0.29) is 0 Å². The lowest BCUT2D eigenvalue weighted by Crippen LogP contribution is -1.81. The second-order valence-corrected chi connectivity index (χ2v) is 2.15. The van der Waals surface area contributed by atoms with Gasteiger partial charge in [-0.15, -0.1) is 0 Å². The van der Waals surface area contributed by atoms with E-state index in [9.17, 15) is 8.78 Å². The Hall–Kier alpha value is -1.45. The van der Waals surface area contributed by atoms with Crippen LogP contribution in [0.5, 0.6) is 0 Å². The molecule has 55 valence electrons. The maximum absolute atomic E-state index is 12.5. The van der Waals surface area contributed by atoms with Crippen LogP contribution in [0.25, 0.3) is 10.9 Å². The van der Waals surface area contributed by atoms with Crippen LogP contribution < -0.4 is 0 Å². The first kappa shape index (κ1) is 6.27. The predicted molar refractivity (Wildman–Crippen MR) is 34.8 cm³/mol. The maximum Gasteiger partial charge on any atom is 0.160 e. The lowest BCUT2D eigenvalue weighted by Gasteiger charge is -1.90. The highest BCUT2D eigenvalue weighted by molar-refractivity contribution is 5.77. The van der Waals surface area contributed by atoms with Crippen molar-refractivity contribution in [3.05, 3.63) is 30.0 Å². The fourth-order valence-electron chi connectivity index (χ4n) is 0.880. The highest BCUT2D eigenvalue weighted by Crippen LogP contribution is 2.14. The molecule has 0 aliphatic carbocycles. The van der Waals surface area contributed by atoms with Crippen LogP contribution in [0.15, 0.2) is 12.1 Å². The first-order valence-corrected chi connectivity index (χ1v) is 2.98. The third-order valence-electron chi connectivity index (χ3n) is 1.41. The summed E-state index contributed by atoms with van der Waals surface area (Å²) in [7, 11) is 0. The molecule has 0 saturated heterocycles. The van der Waals surface area contributed by atoms with E-state index in [1.54, 1.807) is 0 Å². The molecule has 11 heavy (non-hydrogen) atoms. The molecule has 2 nitrogen and oxygen atoms in total. The van der Waals surface area contributed by atoms with Crippen molar-refractivity contribution in [3.8, 4) is 0 Å². The van der Waals surface area contributed by atoms with Gasteiger partial charge in [-0.05, 0) is 6.07 Å². The first-order valence-electron chi connectivity index (χ1n) is 2.98. The molecular weight excluding hydrogens is 150 g/mol. The van der Waals surface area contributed by atoms with Crippen LogP contribution in [0.3, 0.4) is 0 Å². The van der Waals surface area contributed by atoms with Gasteiger partial charge in [0.25, 0.3) is 0 Å². The van der Waals surface area contributed by atoms with E-state index >= 15 is 0 Å². The molecule has 1 radical (unpaired) electrons. The second kappa shape index (κ2) is 2.02. The van der Waals surface area contributed by atoms with Gasteiger partial charge in [0.05, 0.1) is 5.52 Å². The topological polar surface area (TPSA) is 28.7 Å². The van der Waals surface area contributed by atoms with E-state index in [1.807, 2.05) is 0 Å². The number of benzene rings is 1. The molecule has 0 spiro atoms. The smallest absolute Gasteiger partial charge is 0.160 e. The van der Waals surface area contributed by atoms with Gasteiger partial charge in [0, 0.05) is 11.5 Å². The molecule has 0 aliphatic heterocycles. The van der Waals surface area contributed by atoms with Crippen molar-refractivity contribution in [2.45, 2.75) is 0 Å². The molecule has 2 aromatic rings. The van der Waals surface area contributed by atoms with Gasteiger partial charge >= 0.3 is 0 Å². The number of rotatable bonds is 0. The summed E-state index contributed by atoms with van der Waals surface area (Å²) in [6, 6.07) is 2.10. The second-order valence-electron chi connectivity index (χ2n) is 2.15. The first-order chi connectivity index (χ1) is 5.27. The normalized spacial score (nSPS) is 10.7. The molecule has 1 heterocycles. The van der Waals surface area contributed by atoms with Gasteiger partial charge in [-0.2, -0.15) is 5.10 Å². The average Bonchev–Trinajstić information content (AvgIpc) is 2.36. The largest absolute Gasteiger partial charge is 0.277 e. The van der Waals surface area contributed by atoms with E-state index in [1.165, 1.54) is 0 Å². The zero-order valence-corrected chi connectivity index (χ0v) is 5.36. The van der Waals surface area contributed by atoms with Crippen LogP contribution in [0.4, 0.5) is 8.78 Å². The summed E-state index contributed by atoms with van der Waals surface area (Å²) < 4.78 is 25.0. The minimum absolute atomic E-state index is 0.448. The molecule has 4 heteroatoms. The molecule has 0 atom stereocenters. The van der Waals surface area contributed by atoms with Crippen molar-refractivity contribution >= 4 is 10.9 Å². The van der Waals surface area contributed by atoms with Crippen molar-refractivity contribution < 1.29 is 8.78 Å². The quantitative estimate of drug-likeness (QED) is 0.612. The van der Waals surface area contributed by atoms with E-state index < -0.39 is 11.6 Å². The average molecular weight is 153 g/mol. The third kappa shape index (κ3) is 0.869. The number of H-pyrrole nitrogens is 1. The van der Waals surface area contributed by atoms with Crippen molar-refractivity contribution in [2.24, 2.45) is 0 Å². The zero-order chi connectivity index (χ0) is 7.84. The highest BCUT2D eigenvalue weighted by Gasteiger charge is 2.04. The summed E-state index contributed by atoms with van der Waals surface area (Å²) in [5.74, 6) is -1.76. The number of hydrogen-bond donors (Lipinski definition) is 1. The molecule has 1 aromatic heterocycles. The molecule has 0 bridgehead atoms. The van der Waals surface area contributed by atoms with Crippen LogP contribution in [-0.2, 0) is 0 Å². The Bertz CT molecular complexity index is 358. The number of nitrogens with zero attached hydrogens (tertiary/aromatic N) is 1.